The molecule has 1 rings (SSSR count). The highest BCUT2D eigenvalue weighted by atomic mass is 79.9. The lowest BCUT2D eigenvalue weighted by molar-refractivity contribution is -0.137. The number of benzene rings is 1. The Labute approximate surface area is 99.4 Å². The van der Waals surface area contributed by atoms with Crippen LogP contribution in [0.2, 0.25) is 0 Å². The highest BCUT2D eigenvalue weighted by molar-refractivity contribution is 9.10. The van der Waals surface area contributed by atoms with Gasteiger partial charge >= 0.3 is 5.97 Å². The Morgan fingerprint density at radius 3 is 2.56 bits per heavy atom. The van der Waals surface area contributed by atoms with Gasteiger partial charge in [-0.05, 0) is 24.1 Å². The van der Waals surface area contributed by atoms with Gasteiger partial charge in [0.05, 0.1) is 0 Å². The predicted octanol–water partition coefficient (Wildman–Crippen LogP) is 2.59. The third-order valence-electron chi connectivity index (χ3n) is 2.11. The Bertz CT molecular complexity index is 412. The van der Waals surface area contributed by atoms with Crippen molar-refractivity contribution in [3.8, 4) is 0 Å². The molecule has 0 radical (unpaired) electrons. The van der Waals surface area contributed by atoms with Gasteiger partial charge < -0.3 is 10.8 Å². The molecule has 0 bridgehead atoms. The smallest absolute Gasteiger partial charge is 0.303 e. The first-order valence-corrected chi connectivity index (χ1v) is 5.33. The van der Waals surface area contributed by atoms with Gasteiger partial charge in [-0.25, -0.2) is 8.78 Å². The maximum atomic E-state index is 13.0. The van der Waals surface area contributed by atoms with E-state index in [1.54, 1.807) is 0 Å². The first-order valence-electron chi connectivity index (χ1n) is 4.53. The van der Waals surface area contributed by atoms with Crippen LogP contribution in [0.3, 0.4) is 0 Å². The fourth-order valence-corrected chi connectivity index (χ4v) is 1.87. The van der Waals surface area contributed by atoms with Gasteiger partial charge in [-0.15, -0.1) is 0 Å². The van der Waals surface area contributed by atoms with Crippen molar-refractivity contribution in [2.45, 2.75) is 18.9 Å². The van der Waals surface area contributed by atoms with E-state index in [9.17, 15) is 13.6 Å². The second kappa shape index (κ2) is 5.36. The first-order chi connectivity index (χ1) is 7.41. The maximum Gasteiger partial charge on any atom is 0.303 e. The molecule has 3 N–H and O–H groups in total. The van der Waals surface area contributed by atoms with E-state index < -0.39 is 23.6 Å². The van der Waals surface area contributed by atoms with Gasteiger partial charge in [0.1, 0.15) is 0 Å². The minimum Gasteiger partial charge on any atom is -0.481 e. The van der Waals surface area contributed by atoms with Gasteiger partial charge in [0.25, 0.3) is 0 Å². The number of carboxylic acid groups (broad SMARTS) is 1. The minimum atomic E-state index is -0.996. The third kappa shape index (κ3) is 3.24. The van der Waals surface area contributed by atoms with Gasteiger partial charge in [0.2, 0.25) is 0 Å². The quantitative estimate of drug-likeness (QED) is 0.839. The number of hydrogen-bond acceptors (Lipinski definition) is 2. The SMILES string of the molecule is NC(CCC(=O)O)c1cc(F)c(F)cc1Br. The number of carbonyl (C=O) groups is 1. The van der Waals surface area contributed by atoms with Gasteiger partial charge in [-0.3, -0.25) is 4.79 Å². The highest BCUT2D eigenvalue weighted by Gasteiger charge is 2.15. The molecule has 1 aromatic carbocycles. The second-order valence-corrected chi connectivity index (χ2v) is 4.18. The van der Waals surface area contributed by atoms with Crippen LogP contribution in [0, 0.1) is 11.6 Å². The normalized spacial score (nSPS) is 12.5. The number of rotatable bonds is 4. The van der Waals surface area contributed by atoms with Gasteiger partial charge in [-0.1, -0.05) is 15.9 Å². The summed E-state index contributed by atoms with van der Waals surface area (Å²) in [4.78, 5) is 10.3. The molecule has 0 amide bonds. The molecule has 0 saturated carbocycles. The summed E-state index contributed by atoms with van der Waals surface area (Å²) in [5.41, 5.74) is 6.04. The van der Waals surface area contributed by atoms with Crippen molar-refractivity contribution in [2.24, 2.45) is 5.73 Å². The molecule has 0 aliphatic heterocycles. The number of halogens is 3. The van der Waals surface area contributed by atoms with Crippen LogP contribution in [0.15, 0.2) is 16.6 Å². The lowest BCUT2D eigenvalue weighted by Gasteiger charge is -2.13. The van der Waals surface area contributed by atoms with Crippen molar-refractivity contribution in [2.75, 3.05) is 0 Å². The Hall–Kier alpha value is -1.01. The topological polar surface area (TPSA) is 63.3 Å². The Morgan fingerprint density at radius 1 is 1.44 bits per heavy atom. The van der Waals surface area contributed by atoms with Crippen molar-refractivity contribution in [1.82, 2.24) is 0 Å². The molecular weight excluding hydrogens is 284 g/mol. The number of aliphatic carboxylic acids is 1. The van der Waals surface area contributed by atoms with Gasteiger partial charge in [0, 0.05) is 16.9 Å². The highest BCUT2D eigenvalue weighted by Crippen LogP contribution is 2.27. The third-order valence-corrected chi connectivity index (χ3v) is 2.80. The molecular formula is C10H10BrF2NO2. The van der Waals surface area contributed by atoms with Gasteiger partial charge in [0.15, 0.2) is 11.6 Å². The van der Waals surface area contributed by atoms with E-state index in [2.05, 4.69) is 15.9 Å². The van der Waals surface area contributed by atoms with Crippen molar-refractivity contribution >= 4 is 21.9 Å². The summed E-state index contributed by atoms with van der Waals surface area (Å²) >= 11 is 3.05. The molecule has 0 spiro atoms. The van der Waals surface area contributed by atoms with E-state index in [1.165, 1.54) is 0 Å². The number of hydrogen-bond donors (Lipinski definition) is 2. The summed E-state index contributed by atoms with van der Waals surface area (Å²) in [5.74, 6) is -2.95. The summed E-state index contributed by atoms with van der Waals surface area (Å²) in [5, 5.41) is 8.48. The molecule has 1 unspecified atom stereocenters. The standard InChI is InChI=1S/C10H10BrF2NO2/c11-6-4-8(13)7(12)3-5(6)9(14)1-2-10(15)16/h3-4,9H,1-2,14H2,(H,15,16). The Morgan fingerprint density at radius 2 is 2.00 bits per heavy atom. The van der Waals surface area contributed by atoms with E-state index in [1.807, 2.05) is 0 Å². The van der Waals surface area contributed by atoms with E-state index in [4.69, 9.17) is 10.8 Å². The zero-order valence-corrected chi connectivity index (χ0v) is 9.80. The van der Waals surface area contributed by atoms with E-state index in [0.29, 0.717) is 10.0 Å². The fourth-order valence-electron chi connectivity index (χ4n) is 1.26. The summed E-state index contributed by atoms with van der Waals surface area (Å²) in [6.45, 7) is 0. The summed E-state index contributed by atoms with van der Waals surface area (Å²) in [6, 6.07) is 1.32. The van der Waals surface area contributed by atoms with Crippen LogP contribution in [0.25, 0.3) is 0 Å². The molecule has 3 nitrogen and oxygen atoms in total. The Balaban J connectivity index is 2.86. The molecule has 0 aliphatic rings. The first kappa shape index (κ1) is 13.1. The van der Waals surface area contributed by atoms with Crippen LogP contribution < -0.4 is 5.73 Å². The maximum absolute atomic E-state index is 13.0. The molecule has 0 heterocycles. The average molecular weight is 294 g/mol. The second-order valence-electron chi connectivity index (χ2n) is 3.33. The average Bonchev–Trinajstić information content (AvgIpc) is 2.20. The summed E-state index contributed by atoms with van der Waals surface area (Å²) < 4.78 is 26.1. The molecule has 0 aliphatic carbocycles. The van der Waals surface area contributed by atoms with Crippen LogP contribution in [-0.2, 0) is 4.79 Å². The van der Waals surface area contributed by atoms with Crippen molar-refractivity contribution < 1.29 is 18.7 Å². The molecule has 0 fully saturated rings. The van der Waals surface area contributed by atoms with Gasteiger partial charge in [-0.2, -0.15) is 0 Å². The molecule has 16 heavy (non-hydrogen) atoms. The lowest BCUT2D eigenvalue weighted by atomic mass is 10.0. The lowest BCUT2D eigenvalue weighted by Crippen LogP contribution is -2.13. The van der Waals surface area contributed by atoms with Crippen LogP contribution in [0.5, 0.6) is 0 Å². The molecule has 1 aromatic rings. The predicted molar refractivity (Wildman–Crippen MR) is 57.9 cm³/mol. The molecule has 1 atom stereocenters. The van der Waals surface area contributed by atoms with Crippen LogP contribution >= 0.6 is 15.9 Å². The van der Waals surface area contributed by atoms with E-state index in [0.717, 1.165) is 12.1 Å². The van der Waals surface area contributed by atoms with Crippen LogP contribution in [0.1, 0.15) is 24.4 Å². The zero-order chi connectivity index (χ0) is 12.3. The Kier molecular flexibility index (Phi) is 4.37. The molecule has 0 saturated heterocycles. The summed E-state index contributed by atoms with van der Waals surface area (Å²) in [7, 11) is 0. The van der Waals surface area contributed by atoms with E-state index >= 15 is 0 Å². The molecule has 88 valence electrons. The van der Waals surface area contributed by atoms with Crippen LogP contribution in [0.4, 0.5) is 8.78 Å². The molecule has 0 aromatic heterocycles. The minimum absolute atomic E-state index is 0.118. The monoisotopic (exact) mass is 293 g/mol. The summed E-state index contributed by atoms with van der Waals surface area (Å²) in [6.07, 6.45) is 0.0472. The van der Waals surface area contributed by atoms with Crippen LogP contribution in [-0.4, -0.2) is 11.1 Å². The van der Waals surface area contributed by atoms with E-state index in [-0.39, 0.29) is 12.8 Å². The zero-order valence-electron chi connectivity index (χ0n) is 8.21. The number of nitrogens with two attached hydrogens (primary N) is 1. The molecule has 6 heteroatoms. The van der Waals surface area contributed by atoms with Crippen molar-refractivity contribution in [1.29, 1.82) is 0 Å². The van der Waals surface area contributed by atoms with Crippen molar-refractivity contribution in [3.63, 3.8) is 0 Å². The largest absolute Gasteiger partial charge is 0.481 e. The number of carboxylic acids is 1. The fraction of sp³-hybridized carbons (Fsp3) is 0.300. The van der Waals surface area contributed by atoms with Crippen molar-refractivity contribution in [3.05, 3.63) is 33.8 Å².